The quantitative estimate of drug-likeness (QED) is 0.812. The summed E-state index contributed by atoms with van der Waals surface area (Å²) >= 11 is 0. The van der Waals surface area contributed by atoms with E-state index in [1.54, 1.807) is 0 Å². The first kappa shape index (κ1) is 16.4. The number of rotatable bonds is 1. The van der Waals surface area contributed by atoms with Crippen LogP contribution in [0, 0.1) is 0 Å². The molecule has 0 radical (unpaired) electrons. The Kier molecular flexibility index (Phi) is 3.39. The molecule has 6 heteroatoms. The lowest BCUT2D eigenvalue weighted by molar-refractivity contribution is -0.216. The van der Waals surface area contributed by atoms with Gasteiger partial charge < -0.3 is 20.1 Å². The van der Waals surface area contributed by atoms with Crippen LogP contribution in [0.15, 0.2) is 48.5 Å². The maximum absolute atomic E-state index is 11.0. The highest BCUT2D eigenvalue weighted by atomic mass is 16.6. The van der Waals surface area contributed by atoms with E-state index >= 15 is 0 Å². The van der Waals surface area contributed by atoms with E-state index in [-0.39, 0.29) is 0 Å². The SMILES string of the molecule is CC1(C)N(O)C(N2c3ccccc3Oc3ccccc32)N(O)C1(C)C. The molecule has 0 unspecified atom stereocenters. The summed E-state index contributed by atoms with van der Waals surface area (Å²) in [5, 5.41) is 24.4. The molecule has 25 heavy (non-hydrogen) atoms. The summed E-state index contributed by atoms with van der Waals surface area (Å²) in [6.45, 7) is 7.64. The average molecular weight is 341 g/mol. The number of ether oxygens (including phenoxy) is 1. The highest BCUT2D eigenvalue weighted by Crippen LogP contribution is 2.52. The third-order valence-electron chi connectivity index (χ3n) is 5.78. The van der Waals surface area contributed by atoms with E-state index in [9.17, 15) is 10.4 Å². The molecule has 2 aliphatic rings. The Morgan fingerprint density at radius 1 is 0.760 bits per heavy atom. The summed E-state index contributed by atoms with van der Waals surface area (Å²) in [4.78, 5) is 1.91. The molecule has 0 aromatic heterocycles. The fraction of sp³-hybridized carbons (Fsp3) is 0.368. The number of para-hydroxylation sites is 4. The van der Waals surface area contributed by atoms with E-state index in [2.05, 4.69) is 0 Å². The topological polar surface area (TPSA) is 59.4 Å². The maximum atomic E-state index is 11.0. The van der Waals surface area contributed by atoms with Crippen LogP contribution in [0.4, 0.5) is 11.4 Å². The van der Waals surface area contributed by atoms with Crippen LogP contribution in [0.1, 0.15) is 27.7 Å². The Morgan fingerprint density at radius 3 is 1.60 bits per heavy atom. The van der Waals surface area contributed by atoms with Gasteiger partial charge in [-0.3, -0.25) is 0 Å². The summed E-state index contributed by atoms with van der Waals surface area (Å²) in [7, 11) is 0. The fourth-order valence-corrected chi connectivity index (χ4v) is 3.44. The molecule has 2 aromatic carbocycles. The molecule has 2 aliphatic heterocycles. The van der Waals surface area contributed by atoms with Crippen molar-refractivity contribution in [1.82, 2.24) is 10.1 Å². The van der Waals surface area contributed by atoms with Crippen LogP contribution < -0.4 is 9.64 Å². The Morgan fingerprint density at radius 2 is 1.16 bits per heavy atom. The molecule has 1 saturated heterocycles. The molecule has 2 aromatic rings. The highest BCUT2D eigenvalue weighted by molar-refractivity contribution is 5.78. The second kappa shape index (κ2) is 5.19. The second-order valence-corrected chi connectivity index (χ2v) is 7.56. The van der Waals surface area contributed by atoms with E-state index < -0.39 is 17.4 Å². The van der Waals surface area contributed by atoms with Crippen molar-refractivity contribution in [2.75, 3.05) is 4.90 Å². The Bertz CT molecular complexity index is 756. The van der Waals surface area contributed by atoms with Crippen LogP contribution in [0.5, 0.6) is 11.5 Å². The first-order valence-corrected chi connectivity index (χ1v) is 8.38. The van der Waals surface area contributed by atoms with Crippen molar-refractivity contribution < 1.29 is 15.2 Å². The van der Waals surface area contributed by atoms with E-state index in [0.717, 1.165) is 11.4 Å². The van der Waals surface area contributed by atoms with Gasteiger partial charge in [0.15, 0.2) is 17.8 Å². The smallest absolute Gasteiger partial charge is 0.189 e. The van der Waals surface area contributed by atoms with Gasteiger partial charge in [-0.15, -0.1) is 10.1 Å². The standard InChI is InChI=1S/C19H23N3O3/c1-18(2)19(3,4)22(24)17(21(18)23)20-13-9-5-7-11-15(13)25-16-12-8-6-10-14(16)20/h5-12,17,23-24H,1-4H3. The number of anilines is 2. The van der Waals surface area contributed by atoms with Crippen LogP contribution in [0.25, 0.3) is 0 Å². The zero-order valence-electron chi connectivity index (χ0n) is 14.8. The van der Waals surface area contributed by atoms with Crippen LogP contribution in [-0.2, 0) is 0 Å². The van der Waals surface area contributed by atoms with Gasteiger partial charge in [0, 0.05) is 0 Å². The van der Waals surface area contributed by atoms with E-state index in [1.165, 1.54) is 10.1 Å². The molecule has 2 heterocycles. The lowest BCUT2D eigenvalue weighted by Crippen LogP contribution is -2.52. The molecule has 0 atom stereocenters. The molecule has 1 fully saturated rings. The molecule has 132 valence electrons. The van der Waals surface area contributed by atoms with Crippen molar-refractivity contribution >= 4 is 11.4 Å². The largest absolute Gasteiger partial charge is 0.453 e. The molecule has 0 saturated carbocycles. The summed E-state index contributed by atoms with van der Waals surface area (Å²) in [6.07, 6.45) is -0.781. The fourth-order valence-electron chi connectivity index (χ4n) is 3.44. The zero-order chi connectivity index (χ0) is 18.0. The lowest BCUT2D eigenvalue weighted by Gasteiger charge is -2.41. The predicted octanol–water partition coefficient (Wildman–Crippen LogP) is 4.17. The van der Waals surface area contributed by atoms with Gasteiger partial charge in [0.2, 0.25) is 0 Å². The van der Waals surface area contributed by atoms with Crippen molar-refractivity contribution in [2.24, 2.45) is 0 Å². The van der Waals surface area contributed by atoms with Crippen LogP contribution in [-0.4, -0.2) is 37.9 Å². The Balaban J connectivity index is 1.91. The average Bonchev–Trinajstić information content (AvgIpc) is 2.71. The third-order valence-corrected chi connectivity index (χ3v) is 5.78. The minimum Gasteiger partial charge on any atom is -0.453 e. The van der Waals surface area contributed by atoms with Crippen molar-refractivity contribution in [3.8, 4) is 11.5 Å². The second-order valence-electron chi connectivity index (χ2n) is 7.56. The summed E-state index contributed by atoms with van der Waals surface area (Å²) < 4.78 is 6.00. The summed E-state index contributed by atoms with van der Waals surface area (Å²) in [5.74, 6) is 1.37. The van der Waals surface area contributed by atoms with Gasteiger partial charge in [-0.05, 0) is 52.0 Å². The predicted molar refractivity (Wildman–Crippen MR) is 94.3 cm³/mol. The van der Waals surface area contributed by atoms with Gasteiger partial charge in [0.1, 0.15) is 0 Å². The van der Waals surface area contributed by atoms with Gasteiger partial charge in [0.25, 0.3) is 0 Å². The van der Waals surface area contributed by atoms with Gasteiger partial charge >= 0.3 is 0 Å². The molecule has 0 amide bonds. The lowest BCUT2D eigenvalue weighted by atomic mass is 9.84. The van der Waals surface area contributed by atoms with Crippen molar-refractivity contribution in [3.63, 3.8) is 0 Å². The zero-order valence-corrected chi connectivity index (χ0v) is 14.8. The van der Waals surface area contributed by atoms with Gasteiger partial charge in [-0.2, -0.15) is 0 Å². The van der Waals surface area contributed by atoms with Crippen molar-refractivity contribution in [1.29, 1.82) is 0 Å². The van der Waals surface area contributed by atoms with Gasteiger partial charge in [-0.1, -0.05) is 24.3 Å². The molecule has 0 aliphatic carbocycles. The Labute approximate surface area is 147 Å². The number of hydroxylamine groups is 4. The summed E-state index contributed by atoms with van der Waals surface area (Å²) in [6, 6.07) is 15.2. The van der Waals surface area contributed by atoms with E-state index in [1.807, 2.05) is 81.1 Å². The number of hydrogen-bond acceptors (Lipinski definition) is 6. The van der Waals surface area contributed by atoms with Crippen LogP contribution in [0.3, 0.4) is 0 Å². The minimum atomic E-state index is -0.781. The molecule has 2 N–H and O–H groups in total. The first-order chi connectivity index (χ1) is 11.8. The Hall–Kier alpha value is -2.12. The van der Waals surface area contributed by atoms with Gasteiger partial charge in [-0.25, -0.2) is 0 Å². The highest BCUT2D eigenvalue weighted by Gasteiger charge is 2.60. The molecule has 0 spiro atoms. The molecule has 4 rings (SSSR count). The first-order valence-electron chi connectivity index (χ1n) is 8.38. The molecule has 0 bridgehead atoms. The summed E-state index contributed by atoms with van der Waals surface area (Å²) in [5.41, 5.74) is 0.235. The maximum Gasteiger partial charge on any atom is 0.189 e. The molecule has 6 nitrogen and oxygen atoms in total. The van der Waals surface area contributed by atoms with E-state index in [0.29, 0.717) is 11.5 Å². The molecular formula is C19H23N3O3. The number of hydrogen-bond donors (Lipinski definition) is 2. The van der Waals surface area contributed by atoms with Gasteiger partial charge in [0.05, 0.1) is 22.5 Å². The number of benzene rings is 2. The van der Waals surface area contributed by atoms with Crippen LogP contribution >= 0.6 is 0 Å². The van der Waals surface area contributed by atoms with E-state index in [4.69, 9.17) is 4.74 Å². The monoisotopic (exact) mass is 341 g/mol. The third kappa shape index (κ3) is 2.05. The number of nitrogens with zero attached hydrogens (tertiary/aromatic N) is 3. The van der Waals surface area contributed by atoms with Crippen molar-refractivity contribution in [3.05, 3.63) is 48.5 Å². The van der Waals surface area contributed by atoms with Crippen molar-refractivity contribution in [2.45, 2.75) is 45.1 Å². The van der Waals surface area contributed by atoms with Crippen LogP contribution in [0.2, 0.25) is 0 Å². The normalized spacial score (nSPS) is 22.4. The minimum absolute atomic E-state index is 0.672. The number of fused-ring (bicyclic) bond motifs is 2. The molecular weight excluding hydrogens is 318 g/mol.